The highest BCUT2D eigenvalue weighted by Crippen LogP contribution is 2.36. The van der Waals surface area contributed by atoms with Gasteiger partial charge in [-0.05, 0) is 24.2 Å². The number of ether oxygens (including phenoxy) is 1. The molecule has 5 atom stereocenters. The van der Waals surface area contributed by atoms with Crippen LogP contribution >= 0.6 is 0 Å². The van der Waals surface area contributed by atoms with Gasteiger partial charge in [-0.25, -0.2) is 4.79 Å². The average molecular weight is 381 g/mol. The molecule has 4 amide bonds. The Hall–Kier alpha value is -2.12. The van der Waals surface area contributed by atoms with Gasteiger partial charge in [0.2, 0.25) is 5.91 Å². The van der Waals surface area contributed by atoms with E-state index in [1.165, 1.54) is 0 Å². The Morgan fingerprint density at radius 2 is 1.89 bits per heavy atom. The van der Waals surface area contributed by atoms with Crippen molar-refractivity contribution >= 4 is 23.8 Å². The lowest BCUT2D eigenvalue weighted by Crippen LogP contribution is -2.47. The fourth-order valence-electron chi connectivity index (χ4n) is 4.11. The SMILES string of the molecule is CC(C)[C@H](OC(=O)[C@@H]1CC(=O)N([C@@H]2CCC[C@H](C)[C@H]2C)C1)C(=O)NC(N)=O. The summed E-state index contributed by atoms with van der Waals surface area (Å²) < 4.78 is 5.35. The quantitative estimate of drug-likeness (QED) is 0.698. The number of hydrogen-bond acceptors (Lipinski definition) is 5. The van der Waals surface area contributed by atoms with E-state index in [-0.39, 0.29) is 24.3 Å². The van der Waals surface area contributed by atoms with E-state index in [9.17, 15) is 19.2 Å². The largest absolute Gasteiger partial charge is 0.452 e. The molecule has 1 heterocycles. The molecule has 2 rings (SSSR count). The molecule has 152 valence electrons. The molecule has 8 heteroatoms. The molecule has 0 bridgehead atoms. The molecule has 27 heavy (non-hydrogen) atoms. The van der Waals surface area contributed by atoms with E-state index in [0.717, 1.165) is 19.3 Å². The summed E-state index contributed by atoms with van der Waals surface area (Å²) in [6.45, 7) is 8.09. The second-order valence-corrected chi connectivity index (χ2v) is 8.24. The maximum absolute atomic E-state index is 12.6. The molecule has 1 saturated carbocycles. The van der Waals surface area contributed by atoms with E-state index in [2.05, 4.69) is 13.8 Å². The van der Waals surface area contributed by atoms with Gasteiger partial charge in [-0.2, -0.15) is 0 Å². The smallest absolute Gasteiger partial charge is 0.318 e. The fraction of sp³-hybridized carbons (Fsp3) is 0.789. The zero-order chi connectivity index (χ0) is 20.3. The van der Waals surface area contributed by atoms with Crippen molar-refractivity contribution in [2.45, 2.75) is 65.5 Å². The lowest BCUT2D eigenvalue weighted by molar-refractivity contribution is -0.162. The number of carbonyl (C=O) groups excluding carboxylic acids is 4. The molecule has 1 aliphatic heterocycles. The van der Waals surface area contributed by atoms with E-state index < -0.39 is 29.9 Å². The molecule has 0 aromatic heterocycles. The first-order valence-electron chi connectivity index (χ1n) is 9.72. The van der Waals surface area contributed by atoms with Gasteiger partial charge in [0.15, 0.2) is 6.10 Å². The van der Waals surface area contributed by atoms with Crippen molar-refractivity contribution in [3.8, 4) is 0 Å². The molecule has 0 aromatic rings. The van der Waals surface area contributed by atoms with Gasteiger partial charge in [0.05, 0.1) is 5.92 Å². The first-order valence-corrected chi connectivity index (χ1v) is 9.72. The lowest BCUT2D eigenvalue weighted by Gasteiger charge is -2.40. The number of nitrogens with one attached hydrogen (secondary N) is 1. The standard InChI is InChI=1S/C19H31N3O5/c1-10(2)16(17(24)21-19(20)26)27-18(25)13-8-15(23)22(9-13)14-7-5-6-11(3)12(14)4/h10-14,16H,5-9H2,1-4H3,(H3,20,21,24,26)/t11-,12+,13+,14+,16-/m0/s1. The van der Waals surface area contributed by atoms with Crippen LogP contribution in [0.4, 0.5) is 4.79 Å². The summed E-state index contributed by atoms with van der Waals surface area (Å²) in [5.74, 6) is -1.36. The molecule has 1 saturated heterocycles. The molecule has 1 aliphatic carbocycles. The number of primary amides is 1. The Kier molecular flexibility index (Phi) is 6.84. The summed E-state index contributed by atoms with van der Waals surface area (Å²) in [6.07, 6.45) is 2.17. The maximum atomic E-state index is 12.6. The number of amides is 4. The minimum atomic E-state index is -1.12. The Balaban J connectivity index is 2.01. The van der Waals surface area contributed by atoms with Crippen molar-refractivity contribution < 1.29 is 23.9 Å². The Labute approximate surface area is 160 Å². The van der Waals surface area contributed by atoms with Crippen molar-refractivity contribution in [3.05, 3.63) is 0 Å². The van der Waals surface area contributed by atoms with Crippen LogP contribution in [0.25, 0.3) is 0 Å². The van der Waals surface area contributed by atoms with Gasteiger partial charge in [-0.3, -0.25) is 19.7 Å². The van der Waals surface area contributed by atoms with Crippen LogP contribution in [0, 0.1) is 23.7 Å². The molecule has 0 radical (unpaired) electrons. The molecule has 0 aromatic carbocycles. The highest BCUT2D eigenvalue weighted by molar-refractivity contribution is 5.97. The van der Waals surface area contributed by atoms with Crippen LogP contribution in [-0.2, 0) is 19.1 Å². The lowest BCUT2D eigenvalue weighted by atomic mass is 9.77. The summed E-state index contributed by atoms with van der Waals surface area (Å²) in [5.41, 5.74) is 4.96. The van der Waals surface area contributed by atoms with Gasteiger partial charge in [-0.15, -0.1) is 0 Å². The molecule has 3 N–H and O–H groups in total. The van der Waals surface area contributed by atoms with E-state index in [1.54, 1.807) is 13.8 Å². The van der Waals surface area contributed by atoms with Crippen LogP contribution in [0.15, 0.2) is 0 Å². The number of hydrogen-bond donors (Lipinski definition) is 2. The number of urea groups is 1. The summed E-state index contributed by atoms with van der Waals surface area (Å²) in [6, 6.07) is -0.845. The van der Waals surface area contributed by atoms with Crippen LogP contribution in [0.3, 0.4) is 0 Å². The number of likely N-dealkylation sites (tertiary alicyclic amines) is 1. The van der Waals surface area contributed by atoms with E-state index in [4.69, 9.17) is 10.5 Å². The van der Waals surface area contributed by atoms with Gasteiger partial charge in [0, 0.05) is 19.0 Å². The molecule has 2 fully saturated rings. The second-order valence-electron chi connectivity index (χ2n) is 8.24. The van der Waals surface area contributed by atoms with Gasteiger partial charge in [0.1, 0.15) is 0 Å². The second kappa shape index (κ2) is 8.71. The number of esters is 1. The van der Waals surface area contributed by atoms with Crippen molar-refractivity contribution in [1.29, 1.82) is 0 Å². The molecular weight excluding hydrogens is 350 g/mol. The monoisotopic (exact) mass is 381 g/mol. The summed E-state index contributed by atoms with van der Waals surface area (Å²) in [4.78, 5) is 49.8. The van der Waals surface area contributed by atoms with Crippen LogP contribution in [-0.4, -0.2) is 47.4 Å². The van der Waals surface area contributed by atoms with Crippen molar-refractivity contribution in [2.75, 3.05) is 6.54 Å². The van der Waals surface area contributed by atoms with Crippen LogP contribution in [0.2, 0.25) is 0 Å². The molecule has 0 spiro atoms. The number of nitrogens with zero attached hydrogens (tertiary/aromatic N) is 1. The predicted octanol–water partition coefficient (Wildman–Crippen LogP) is 1.42. The first kappa shape index (κ1) is 21.2. The van der Waals surface area contributed by atoms with E-state index in [0.29, 0.717) is 18.4 Å². The van der Waals surface area contributed by atoms with Gasteiger partial charge in [-0.1, -0.05) is 40.5 Å². The number of imide groups is 1. The van der Waals surface area contributed by atoms with Crippen LogP contribution in [0.1, 0.15) is 53.4 Å². The minimum absolute atomic E-state index is 0.0365. The van der Waals surface area contributed by atoms with Crippen molar-refractivity contribution in [3.63, 3.8) is 0 Å². The minimum Gasteiger partial charge on any atom is -0.452 e. The van der Waals surface area contributed by atoms with E-state index >= 15 is 0 Å². The maximum Gasteiger partial charge on any atom is 0.318 e. The normalized spacial score (nSPS) is 29.5. The van der Waals surface area contributed by atoms with Crippen LogP contribution < -0.4 is 11.1 Å². The third-order valence-electron chi connectivity index (χ3n) is 5.91. The van der Waals surface area contributed by atoms with Gasteiger partial charge < -0.3 is 15.4 Å². The fourth-order valence-corrected chi connectivity index (χ4v) is 4.11. The van der Waals surface area contributed by atoms with Crippen LogP contribution in [0.5, 0.6) is 0 Å². The molecule has 0 unspecified atom stereocenters. The summed E-state index contributed by atoms with van der Waals surface area (Å²) in [7, 11) is 0. The Bertz CT molecular complexity index is 606. The predicted molar refractivity (Wildman–Crippen MR) is 98.2 cm³/mol. The van der Waals surface area contributed by atoms with Crippen molar-refractivity contribution in [2.24, 2.45) is 29.4 Å². The van der Waals surface area contributed by atoms with Crippen molar-refractivity contribution in [1.82, 2.24) is 10.2 Å². The zero-order valence-corrected chi connectivity index (χ0v) is 16.6. The molecule has 8 nitrogen and oxygen atoms in total. The number of carbonyl (C=O) groups is 4. The number of rotatable bonds is 5. The first-order chi connectivity index (χ1) is 12.6. The molecule has 2 aliphatic rings. The third kappa shape index (κ3) is 4.99. The zero-order valence-electron chi connectivity index (χ0n) is 16.6. The third-order valence-corrected chi connectivity index (χ3v) is 5.91. The topological polar surface area (TPSA) is 119 Å². The average Bonchev–Trinajstić information content (AvgIpc) is 2.95. The summed E-state index contributed by atoms with van der Waals surface area (Å²) >= 11 is 0. The highest BCUT2D eigenvalue weighted by atomic mass is 16.5. The molecular formula is C19H31N3O5. The Morgan fingerprint density at radius 3 is 2.48 bits per heavy atom. The Morgan fingerprint density at radius 1 is 1.22 bits per heavy atom. The summed E-state index contributed by atoms with van der Waals surface area (Å²) in [5, 5.41) is 1.95. The van der Waals surface area contributed by atoms with Gasteiger partial charge in [0.25, 0.3) is 5.91 Å². The number of nitrogens with two attached hydrogens (primary N) is 1. The van der Waals surface area contributed by atoms with E-state index in [1.807, 2.05) is 10.2 Å². The van der Waals surface area contributed by atoms with Gasteiger partial charge >= 0.3 is 12.0 Å². The highest BCUT2D eigenvalue weighted by Gasteiger charge is 2.43.